The van der Waals surface area contributed by atoms with Crippen LogP contribution in [0, 0.1) is 16.2 Å². The molecule has 0 aromatic rings. The van der Waals surface area contributed by atoms with Crippen molar-refractivity contribution in [2.75, 3.05) is 0 Å². The van der Waals surface area contributed by atoms with E-state index in [1.807, 2.05) is 0 Å². The molecule has 0 amide bonds. The fourth-order valence-electron chi connectivity index (χ4n) is 3.66. The Morgan fingerprint density at radius 3 is 1.46 bits per heavy atom. The van der Waals surface area contributed by atoms with Gasteiger partial charge in [0.15, 0.2) is 0 Å². The van der Waals surface area contributed by atoms with Crippen LogP contribution in [0.5, 0.6) is 0 Å². The Hall–Kier alpha value is -1.06. The number of carboxylic acid groups (broad SMARTS) is 2. The Morgan fingerprint density at radius 1 is 0.923 bits per heavy atom. The van der Waals surface area contributed by atoms with E-state index in [9.17, 15) is 9.59 Å². The predicted molar refractivity (Wildman–Crippen MR) is 41.0 cm³/mol. The van der Waals surface area contributed by atoms with Gasteiger partial charge in [0.1, 0.15) is 0 Å². The van der Waals surface area contributed by atoms with Crippen LogP contribution in [0.2, 0.25) is 0 Å². The van der Waals surface area contributed by atoms with Gasteiger partial charge in [-0.15, -0.1) is 0 Å². The number of aliphatic carboxylic acids is 2. The summed E-state index contributed by atoms with van der Waals surface area (Å²) < 4.78 is 0. The zero-order chi connectivity index (χ0) is 9.48. The molecule has 70 valence electrons. The molecule has 2 atom stereocenters. The van der Waals surface area contributed by atoms with E-state index < -0.39 is 22.8 Å². The third-order valence-electron chi connectivity index (χ3n) is 4.59. The molecule has 0 radical (unpaired) electrons. The van der Waals surface area contributed by atoms with Crippen molar-refractivity contribution < 1.29 is 19.8 Å². The molecule has 13 heavy (non-hydrogen) atoms. The molecular formula is C9H10O4. The minimum atomic E-state index is -0.784. The fraction of sp³-hybridized carbons (Fsp3) is 0.778. The Morgan fingerprint density at radius 2 is 1.31 bits per heavy atom. The van der Waals surface area contributed by atoms with Gasteiger partial charge in [-0.1, -0.05) is 0 Å². The third-order valence-corrected chi connectivity index (χ3v) is 4.59. The van der Waals surface area contributed by atoms with Gasteiger partial charge in [-0.25, -0.2) is 0 Å². The molecule has 3 rings (SSSR count). The highest BCUT2D eigenvalue weighted by atomic mass is 16.4. The van der Waals surface area contributed by atoms with Gasteiger partial charge in [-0.2, -0.15) is 0 Å². The van der Waals surface area contributed by atoms with Gasteiger partial charge in [-0.05, 0) is 25.7 Å². The lowest BCUT2D eigenvalue weighted by atomic mass is 9.98. The second kappa shape index (κ2) is 1.49. The highest BCUT2D eigenvalue weighted by Crippen LogP contribution is 2.94. The lowest BCUT2D eigenvalue weighted by Gasteiger charge is -2.06. The molecule has 0 aromatic carbocycles. The van der Waals surface area contributed by atoms with Crippen molar-refractivity contribution in [3.8, 4) is 0 Å². The highest BCUT2D eigenvalue weighted by Gasteiger charge is 2.95. The van der Waals surface area contributed by atoms with E-state index in [1.165, 1.54) is 0 Å². The normalized spacial score (nSPS) is 55.1. The number of carboxylic acids is 2. The molecule has 3 aliphatic carbocycles. The number of hydrogen-bond donors (Lipinski definition) is 2. The molecule has 4 nitrogen and oxygen atoms in total. The predicted octanol–water partition coefficient (Wildman–Crippen LogP) is 0.716. The maximum atomic E-state index is 11.0. The van der Waals surface area contributed by atoms with Crippen molar-refractivity contribution in [1.82, 2.24) is 0 Å². The lowest BCUT2D eigenvalue weighted by molar-refractivity contribution is -0.144. The fourth-order valence-corrected chi connectivity index (χ4v) is 3.66. The molecule has 0 saturated heterocycles. The molecule has 2 unspecified atom stereocenters. The first-order valence-electron chi connectivity index (χ1n) is 4.48. The van der Waals surface area contributed by atoms with Gasteiger partial charge in [0.2, 0.25) is 0 Å². The Kier molecular flexibility index (Phi) is 0.842. The van der Waals surface area contributed by atoms with E-state index in [2.05, 4.69) is 0 Å². The van der Waals surface area contributed by atoms with Gasteiger partial charge in [0.05, 0.1) is 10.8 Å². The molecular weight excluding hydrogens is 172 g/mol. The summed E-state index contributed by atoms with van der Waals surface area (Å²) in [6, 6.07) is 0. The zero-order valence-electron chi connectivity index (χ0n) is 7.04. The first-order chi connectivity index (χ1) is 6.01. The average molecular weight is 182 g/mol. The van der Waals surface area contributed by atoms with Gasteiger partial charge in [0.25, 0.3) is 0 Å². The van der Waals surface area contributed by atoms with E-state index in [0.717, 1.165) is 0 Å². The second-order valence-electron chi connectivity index (χ2n) is 4.71. The van der Waals surface area contributed by atoms with Crippen LogP contribution >= 0.6 is 0 Å². The summed E-state index contributed by atoms with van der Waals surface area (Å²) in [4.78, 5) is 21.9. The van der Waals surface area contributed by atoms with E-state index in [0.29, 0.717) is 25.7 Å². The van der Waals surface area contributed by atoms with Crippen LogP contribution < -0.4 is 0 Å². The van der Waals surface area contributed by atoms with Crippen molar-refractivity contribution in [3.05, 3.63) is 0 Å². The van der Waals surface area contributed by atoms with Crippen molar-refractivity contribution in [3.63, 3.8) is 0 Å². The standard InChI is InChI=1S/C9H10O4/c10-5(11)7-1-2-8(6(12)13)4-9(7,8)3-7/h1-4H2,(H,10,11)(H,12,13). The van der Waals surface area contributed by atoms with Crippen LogP contribution in [0.25, 0.3) is 0 Å². The summed E-state index contributed by atoms with van der Waals surface area (Å²) >= 11 is 0. The van der Waals surface area contributed by atoms with E-state index in [-0.39, 0.29) is 5.41 Å². The van der Waals surface area contributed by atoms with Crippen LogP contribution in [0.4, 0.5) is 0 Å². The molecule has 1 spiro atoms. The number of rotatable bonds is 2. The third kappa shape index (κ3) is 0.453. The zero-order valence-corrected chi connectivity index (χ0v) is 7.04. The molecule has 4 heteroatoms. The highest BCUT2D eigenvalue weighted by molar-refractivity contribution is 5.92. The van der Waals surface area contributed by atoms with Gasteiger partial charge in [0, 0.05) is 5.41 Å². The molecule has 0 bridgehead atoms. The van der Waals surface area contributed by atoms with Crippen LogP contribution in [0.15, 0.2) is 0 Å². The smallest absolute Gasteiger partial charge is 0.310 e. The largest absolute Gasteiger partial charge is 0.481 e. The molecule has 0 aromatic heterocycles. The summed E-state index contributed by atoms with van der Waals surface area (Å²) in [5, 5.41) is 18.0. The quantitative estimate of drug-likeness (QED) is 0.659. The van der Waals surface area contributed by atoms with Crippen molar-refractivity contribution in [1.29, 1.82) is 0 Å². The van der Waals surface area contributed by atoms with E-state index >= 15 is 0 Å². The molecule has 0 heterocycles. The maximum Gasteiger partial charge on any atom is 0.310 e. The Balaban J connectivity index is 2.01. The van der Waals surface area contributed by atoms with E-state index in [4.69, 9.17) is 10.2 Å². The lowest BCUT2D eigenvalue weighted by Crippen LogP contribution is -2.15. The summed E-state index contributed by atoms with van der Waals surface area (Å²) in [7, 11) is 0. The topological polar surface area (TPSA) is 74.6 Å². The molecule has 3 saturated carbocycles. The molecule has 2 N–H and O–H groups in total. The van der Waals surface area contributed by atoms with Crippen molar-refractivity contribution >= 4 is 11.9 Å². The van der Waals surface area contributed by atoms with Crippen molar-refractivity contribution in [2.24, 2.45) is 16.2 Å². The summed E-state index contributed by atoms with van der Waals surface area (Å²) in [6.45, 7) is 0. The Bertz CT molecular complexity index is 306. The second-order valence-corrected chi connectivity index (χ2v) is 4.71. The average Bonchev–Trinajstić information content (AvgIpc) is 2.87. The Labute approximate surface area is 74.6 Å². The monoisotopic (exact) mass is 182 g/mol. The first kappa shape index (κ1) is 7.35. The minimum Gasteiger partial charge on any atom is -0.481 e. The van der Waals surface area contributed by atoms with Gasteiger partial charge < -0.3 is 10.2 Å². The van der Waals surface area contributed by atoms with Crippen LogP contribution in [-0.2, 0) is 9.59 Å². The van der Waals surface area contributed by atoms with Gasteiger partial charge >= 0.3 is 11.9 Å². The van der Waals surface area contributed by atoms with Gasteiger partial charge in [-0.3, -0.25) is 9.59 Å². The SMILES string of the molecule is O=C(O)C12CCC3(C(=O)O)CC13C2. The summed E-state index contributed by atoms with van der Waals surface area (Å²) in [5.41, 5.74) is -1.63. The first-order valence-corrected chi connectivity index (χ1v) is 4.48. The summed E-state index contributed by atoms with van der Waals surface area (Å²) in [5.74, 6) is -1.57. The molecule has 0 aliphatic heterocycles. The number of hydrogen-bond acceptors (Lipinski definition) is 2. The van der Waals surface area contributed by atoms with Crippen LogP contribution in [0.1, 0.15) is 25.7 Å². The molecule has 3 aliphatic rings. The summed E-state index contributed by atoms with van der Waals surface area (Å²) in [6.07, 6.45) is 2.33. The molecule has 3 fully saturated rings. The number of carbonyl (C=O) groups is 2. The van der Waals surface area contributed by atoms with E-state index in [1.54, 1.807) is 0 Å². The van der Waals surface area contributed by atoms with Crippen LogP contribution in [-0.4, -0.2) is 22.2 Å². The maximum absolute atomic E-state index is 11.0. The minimum absolute atomic E-state index is 0.336. The van der Waals surface area contributed by atoms with Crippen LogP contribution in [0.3, 0.4) is 0 Å². The van der Waals surface area contributed by atoms with Crippen molar-refractivity contribution in [2.45, 2.75) is 25.7 Å².